The van der Waals surface area contributed by atoms with Gasteiger partial charge in [0.25, 0.3) is 0 Å². The third kappa shape index (κ3) is 2.19. The van der Waals surface area contributed by atoms with Crippen molar-refractivity contribution in [3.63, 3.8) is 0 Å². The van der Waals surface area contributed by atoms with Gasteiger partial charge < -0.3 is 10.1 Å². The largest absolute Gasteiger partial charge is 0.450 e. The quantitative estimate of drug-likeness (QED) is 0.891. The molecule has 1 amide bonds. The smallest absolute Gasteiger partial charge is 0.407 e. The molecular formula is C17H23NO2. The highest BCUT2D eigenvalue weighted by Gasteiger charge is 2.48. The van der Waals surface area contributed by atoms with E-state index in [4.69, 9.17) is 4.74 Å². The first kappa shape index (κ1) is 13.5. The van der Waals surface area contributed by atoms with Gasteiger partial charge in [-0.25, -0.2) is 4.79 Å². The van der Waals surface area contributed by atoms with Crippen molar-refractivity contribution in [2.24, 2.45) is 5.92 Å². The fourth-order valence-electron chi connectivity index (χ4n) is 4.03. The van der Waals surface area contributed by atoms with Crippen LogP contribution in [0.3, 0.4) is 0 Å². The van der Waals surface area contributed by atoms with Gasteiger partial charge >= 0.3 is 6.09 Å². The molecule has 2 atom stereocenters. The highest BCUT2D eigenvalue weighted by molar-refractivity contribution is 5.69. The SMILES string of the molecule is CCOC(=O)NC12CCCCCC1Cc1ccccc12. The minimum Gasteiger partial charge on any atom is -0.450 e. The van der Waals surface area contributed by atoms with E-state index < -0.39 is 0 Å². The highest BCUT2D eigenvalue weighted by Crippen LogP contribution is 2.48. The normalized spacial score (nSPS) is 28.1. The summed E-state index contributed by atoms with van der Waals surface area (Å²) >= 11 is 0. The maximum Gasteiger partial charge on any atom is 0.407 e. The molecule has 0 bridgehead atoms. The molecule has 1 saturated carbocycles. The summed E-state index contributed by atoms with van der Waals surface area (Å²) < 4.78 is 5.15. The van der Waals surface area contributed by atoms with Crippen LogP contribution < -0.4 is 5.32 Å². The van der Waals surface area contributed by atoms with E-state index in [1.807, 2.05) is 6.92 Å². The van der Waals surface area contributed by atoms with E-state index in [1.165, 1.54) is 36.8 Å². The van der Waals surface area contributed by atoms with E-state index in [1.54, 1.807) is 0 Å². The first-order valence-corrected chi connectivity index (χ1v) is 7.79. The second kappa shape index (κ2) is 5.47. The Morgan fingerprint density at radius 3 is 3.05 bits per heavy atom. The van der Waals surface area contributed by atoms with Gasteiger partial charge in [0.1, 0.15) is 0 Å². The Morgan fingerprint density at radius 1 is 1.35 bits per heavy atom. The van der Waals surface area contributed by atoms with Gasteiger partial charge in [-0.3, -0.25) is 0 Å². The van der Waals surface area contributed by atoms with E-state index in [0.717, 1.165) is 12.8 Å². The van der Waals surface area contributed by atoms with Crippen molar-refractivity contribution in [2.45, 2.75) is 51.0 Å². The van der Waals surface area contributed by atoms with E-state index in [9.17, 15) is 4.79 Å². The molecule has 2 unspecified atom stereocenters. The standard InChI is InChI=1S/C17H23NO2/c1-2-20-16(19)18-17-11-7-3-4-9-14(17)12-13-8-5-6-10-15(13)17/h5-6,8,10,14H,2-4,7,9,11-12H2,1H3,(H,18,19). The summed E-state index contributed by atoms with van der Waals surface area (Å²) in [6.07, 6.45) is 6.76. The van der Waals surface area contributed by atoms with Crippen LogP contribution in [-0.4, -0.2) is 12.7 Å². The lowest BCUT2D eigenvalue weighted by atomic mass is 9.80. The Bertz CT molecular complexity index is 500. The van der Waals surface area contributed by atoms with Crippen LogP contribution in [-0.2, 0) is 16.7 Å². The summed E-state index contributed by atoms with van der Waals surface area (Å²) in [5.41, 5.74) is 2.52. The number of ether oxygens (including phenoxy) is 1. The Balaban J connectivity index is 1.97. The van der Waals surface area contributed by atoms with Gasteiger partial charge in [0.05, 0.1) is 12.1 Å². The molecule has 0 spiro atoms. The van der Waals surface area contributed by atoms with Crippen molar-refractivity contribution >= 4 is 6.09 Å². The zero-order valence-corrected chi connectivity index (χ0v) is 12.2. The van der Waals surface area contributed by atoms with Crippen LogP contribution in [0.4, 0.5) is 4.79 Å². The van der Waals surface area contributed by atoms with Crippen molar-refractivity contribution in [3.05, 3.63) is 35.4 Å². The number of carbonyl (C=O) groups excluding carboxylic acids is 1. The molecule has 3 heteroatoms. The molecule has 1 fully saturated rings. The van der Waals surface area contributed by atoms with Gasteiger partial charge in [-0.1, -0.05) is 43.5 Å². The van der Waals surface area contributed by atoms with E-state index in [-0.39, 0.29) is 11.6 Å². The molecular weight excluding hydrogens is 250 g/mol. The fraction of sp³-hybridized carbons (Fsp3) is 0.588. The van der Waals surface area contributed by atoms with Gasteiger partial charge in [-0.15, -0.1) is 0 Å². The summed E-state index contributed by atoms with van der Waals surface area (Å²) in [7, 11) is 0. The zero-order valence-electron chi connectivity index (χ0n) is 12.2. The van der Waals surface area contributed by atoms with Crippen molar-refractivity contribution < 1.29 is 9.53 Å². The molecule has 0 heterocycles. The molecule has 2 aliphatic rings. The molecule has 1 N–H and O–H groups in total. The number of nitrogens with one attached hydrogen (secondary N) is 1. The predicted octanol–water partition coefficient (Wildman–Crippen LogP) is 3.76. The van der Waals surface area contributed by atoms with Gasteiger partial charge in [-0.2, -0.15) is 0 Å². The minimum absolute atomic E-state index is 0.195. The summed E-state index contributed by atoms with van der Waals surface area (Å²) in [6.45, 7) is 2.28. The lowest BCUT2D eigenvalue weighted by Gasteiger charge is -2.36. The number of benzene rings is 1. The molecule has 0 radical (unpaired) electrons. The van der Waals surface area contributed by atoms with Crippen LogP contribution in [0.5, 0.6) is 0 Å². The molecule has 108 valence electrons. The van der Waals surface area contributed by atoms with Crippen molar-refractivity contribution in [2.75, 3.05) is 6.61 Å². The second-order valence-electron chi connectivity index (χ2n) is 5.97. The third-order valence-corrected chi connectivity index (χ3v) is 4.89. The lowest BCUT2D eigenvalue weighted by molar-refractivity contribution is 0.123. The summed E-state index contributed by atoms with van der Waals surface area (Å²) in [4.78, 5) is 12.0. The van der Waals surface area contributed by atoms with Gasteiger partial charge in [0, 0.05) is 0 Å². The average molecular weight is 273 g/mol. The van der Waals surface area contributed by atoms with Crippen LogP contribution in [0, 0.1) is 5.92 Å². The van der Waals surface area contributed by atoms with Crippen LogP contribution in [0.1, 0.15) is 50.2 Å². The van der Waals surface area contributed by atoms with Crippen molar-refractivity contribution in [3.8, 4) is 0 Å². The molecule has 20 heavy (non-hydrogen) atoms. The number of hydrogen-bond acceptors (Lipinski definition) is 2. The van der Waals surface area contributed by atoms with E-state index >= 15 is 0 Å². The van der Waals surface area contributed by atoms with Gasteiger partial charge in [-0.05, 0) is 43.2 Å². The summed E-state index contributed by atoms with van der Waals surface area (Å²) in [6, 6.07) is 8.58. The topological polar surface area (TPSA) is 38.3 Å². The monoisotopic (exact) mass is 273 g/mol. The lowest BCUT2D eigenvalue weighted by Crippen LogP contribution is -2.49. The Kier molecular flexibility index (Phi) is 3.68. The van der Waals surface area contributed by atoms with Gasteiger partial charge in [0.15, 0.2) is 0 Å². The first-order valence-electron chi connectivity index (χ1n) is 7.79. The second-order valence-corrected chi connectivity index (χ2v) is 5.97. The van der Waals surface area contributed by atoms with Crippen LogP contribution in [0.2, 0.25) is 0 Å². The molecule has 0 aliphatic heterocycles. The van der Waals surface area contributed by atoms with E-state index in [2.05, 4.69) is 29.6 Å². The average Bonchev–Trinajstić information content (AvgIpc) is 2.60. The molecule has 3 nitrogen and oxygen atoms in total. The Labute approximate surface area is 120 Å². The third-order valence-electron chi connectivity index (χ3n) is 4.89. The van der Waals surface area contributed by atoms with Crippen LogP contribution >= 0.6 is 0 Å². The molecule has 1 aromatic carbocycles. The molecule has 0 saturated heterocycles. The van der Waals surface area contributed by atoms with Crippen molar-refractivity contribution in [1.82, 2.24) is 5.32 Å². The summed E-state index contributed by atoms with van der Waals surface area (Å²) in [5, 5.41) is 3.23. The predicted molar refractivity (Wildman–Crippen MR) is 78.6 cm³/mol. The maximum absolute atomic E-state index is 12.0. The van der Waals surface area contributed by atoms with Crippen LogP contribution in [0.25, 0.3) is 0 Å². The van der Waals surface area contributed by atoms with Crippen molar-refractivity contribution in [1.29, 1.82) is 0 Å². The zero-order chi connectivity index (χ0) is 14.0. The summed E-state index contributed by atoms with van der Waals surface area (Å²) in [5.74, 6) is 0.520. The molecule has 0 aromatic heterocycles. The number of amides is 1. The number of carbonyl (C=O) groups is 1. The number of rotatable bonds is 2. The Hall–Kier alpha value is -1.51. The molecule has 2 aliphatic carbocycles. The number of hydrogen-bond donors (Lipinski definition) is 1. The van der Waals surface area contributed by atoms with Gasteiger partial charge in [0.2, 0.25) is 0 Å². The molecule has 3 rings (SSSR count). The fourth-order valence-corrected chi connectivity index (χ4v) is 4.03. The number of fused-ring (bicyclic) bond motifs is 3. The number of alkyl carbamates (subject to hydrolysis) is 1. The first-order chi connectivity index (χ1) is 9.76. The van der Waals surface area contributed by atoms with Crippen LogP contribution in [0.15, 0.2) is 24.3 Å². The minimum atomic E-state index is -0.267. The maximum atomic E-state index is 12.0. The highest BCUT2D eigenvalue weighted by atomic mass is 16.5. The van der Waals surface area contributed by atoms with E-state index in [0.29, 0.717) is 12.5 Å². The Morgan fingerprint density at radius 2 is 2.20 bits per heavy atom. The molecule has 1 aromatic rings.